The van der Waals surface area contributed by atoms with Gasteiger partial charge in [-0.15, -0.1) is 0 Å². The molecule has 0 fully saturated rings. The maximum atomic E-state index is 11.9. The van der Waals surface area contributed by atoms with Crippen LogP contribution in [0.5, 0.6) is 5.75 Å². The quantitative estimate of drug-likeness (QED) is 0.610. The average Bonchev–Trinajstić information content (AvgIpc) is 2.55. The summed E-state index contributed by atoms with van der Waals surface area (Å²) in [5, 5.41) is 2.82. The van der Waals surface area contributed by atoms with Gasteiger partial charge < -0.3 is 10.1 Å². The summed E-state index contributed by atoms with van der Waals surface area (Å²) < 4.78 is 5.74. The summed E-state index contributed by atoms with van der Waals surface area (Å²) in [5.41, 5.74) is 3.65. The number of hydrogen-bond donors (Lipinski definition) is 1. The Morgan fingerprint density at radius 2 is 1.75 bits per heavy atom. The molecule has 0 heterocycles. The zero-order chi connectivity index (χ0) is 17.5. The van der Waals surface area contributed by atoms with E-state index < -0.39 is 0 Å². The third kappa shape index (κ3) is 4.95. The van der Waals surface area contributed by atoms with Crippen molar-refractivity contribution in [3.63, 3.8) is 0 Å². The second-order valence-electron chi connectivity index (χ2n) is 5.83. The van der Waals surface area contributed by atoms with Crippen molar-refractivity contribution < 1.29 is 14.3 Å². The summed E-state index contributed by atoms with van der Waals surface area (Å²) in [7, 11) is 0. The van der Waals surface area contributed by atoms with Gasteiger partial charge in [-0.25, -0.2) is 0 Å². The van der Waals surface area contributed by atoms with Crippen LogP contribution in [-0.4, -0.2) is 18.3 Å². The molecule has 0 unspecified atom stereocenters. The topological polar surface area (TPSA) is 55.4 Å². The molecule has 4 nitrogen and oxygen atoms in total. The standard InChI is InChI=1S/C20H23NO3/c1-14-6-4-7-19(15(14)2)24-13-5-8-20(23)21-18-11-9-17(10-12-18)16(3)22/h4,6-7,9-12H,5,8,13H2,1-3H3,(H,21,23). The number of carbonyl (C=O) groups excluding carboxylic acids is 2. The number of benzene rings is 2. The molecule has 126 valence electrons. The number of aryl methyl sites for hydroxylation is 1. The molecule has 0 spiro atoms. The highest BCUT2D eigenvalue weighted by Crippen LogP contribution is 2.20. The molecule has 2 aromatic rings. The predicted octanol–water partition coefficient (Wildman–Crippen LogP) is 4.30. The Morgan fingerprint density at radius 3 is 2.42 bits per heavy atom. The maximum absolute atomic E-state index is 11.9. The van der Waals surface area contributed by atoms with Crippen LogP contribution in [0.2, 0.25) is 0 Å². The van der Waals surface area contributed by atoms with Crippen LogP contribution < -0.4 is 10.1 Å². The third-order valence-electron chi connectivity index (χ3n) is 3.94. The molecule has 0 atom stereocenters. The van der Waals surface area contributed by atoms with Crippen molar-refractivity contribution in [2.75, 3.05) is 11.9 Å². The molecule has 0 saturated carbocycles. The van der Waals surface area contributed by atoms with Gasteiger partial charge in [0.25, 0.3) is 0 Å². The van der Waals surface area contributed by atoms with Crippen LogP contribution in [0.1, 0.15) is 41.3 Å². The fourth-order valence-electron chi connectivity index (χ4n) is 2.31. The van der Waals surface area contributed by atoms with E-state index in [9.17, 15) is 9.59 Å². The zero-order valence-corrected chi connectivity index (χ0v) is 14.4. The fourth-order valence-corrected chi connectivity index (χ4v) is 2.31. The first-order valence-corrected chi connectivity index (χ1v) is 8.07. The van der Waals surface area contributed by atoms with Gasteiger partial charge in [0.05, 0.1) is 6.61 Å². The van der Waals surface area contributed by atoms with Gasteiger partial charge in [0.1, 0.15) is 5.75 Å². The molecule has 0 aliphatic carbocycles. The van der Waals surface area contributed by atoms with E-state index >= 15 is 0 Å². The Balaban J connectivity index is 1.75. The first-order chi connectivity index (χ1) is 11.5. The van der Waals surface area contributed by atoms with Gasteiger partial charge in [0, 0.05) is 17.7 Å². The van der Waals surface area contributed by atoms with Gasteiger partial charge >= 0.3 is 0 Å². The fraction of sp³-hybridized carbons (Fsp3) is 0.300. The highest BCUT2D eigenvalue weighted by molar-refractivity contribution is 5.95. The summed E-state index contributed by atoms with van der Waals surface area (Å²) in [6.45, 7) is 6.10. The minimum Gasteiger partial charge on any atom is -0.493 e. The monoisotopic (exact) mass is 325 g/mol. The molecule has 24 heavy (non-hydrogen) atoms. The Bertz CT molecular complexity index is 720. The van der Waals surface area contributed by atoms with Crippen molar-refractivity contribution in [1.29, 1.82) is 0 Å². The van der Waals surface area contributed by atoms with Crippen molar-refractivity contribution in [2.45, 2.75) is 33.6 Å². The lowest BCUT2D eigenvalue weighted by Gasteiger charge is -2.11. The number of nitrogens with one attached hydrogen (secondary N) is 1. The first kappa shape index (κ1) is 17.7. The summed E-state index contributed by atoms with van der Waals surface area (Å²) in [6, 6.07) is 12.9. The second kappa shape index (κ2) is 8.29. The van der Waals surface area contributed by atoms with Crippen molar-refractivity contribution >= 4 is 17.4 Å². The highest BCUT2D eigenvalue weighted by Gasteiger charge is 2.05. The van der Waals surface area contributed by atoms with Gasteiger partial charge in [-0.1, -0.05) is 12.1 Å². The number of amides is 1. The van der Waals surface area contributed by atoms with Crippen molar-refractivity contribution in [2.24, 2.45) is 0 Å². The van der Waals surface area contributed by atoms with E-state index in [1.165, 1.54) is 12.5 Å². The molecule has 1 N–H and O–H groups in total. The highest BCUT2D eigenvalue weighted by atomic mass is 16.5. The van der Waals surface area contributed by atoms with Crippen LogP contribution in [0.15, 0.2) is 42.5 Å². The second-order valence-corrected chi connectivity index (χ2v) is 5.83. The van der Waals surface area contributed by atoms with Crippen LogP contribution in [0.3, 0.4) is 0 Å². The molecule has 4 heteroatoms. The van der Waals surface area contributed by atoms with Gasteiger partial charge in [0.15, 0.2) is 5.78 Å². The minimum absolute atomic E-state index is 0.0106. The van der Waals surface area contributed by atoms with Crippen LogP contribution in [-0.2, 0) is 4.79 Å². The molecular formula is C20H23NO3. The van der Waals surface area contributed by atoms with Crippen LogP contribution in [0.4, 0.5) is 5.69 Å². The number of hydrogen-bond acceptors (Lipinski definition) is 3. The minimum atomic E-state index is -0.0601. The van der Waals surface area contributed by atoms with E-state index in [1.807, 2.05) is 32.0 Å². The summed E-state index contributed by atoms with van der Waals surface area (Å²) in [5.74, 6) is 0.821. The Labute approximate surface area is 142 Å². The number of carbonyl (C=O) groups is 2. The molecule has 0 aromatic heterocycles. The number of ketones is 1. The Morgan fingerprint density at radius 1 is 1.04 bits per heavy atom. The SMILES string of the molecule is CC(=O)c1ccc(NC(=O)CCCOc2cccc(C)c2C)cc1. The Hall–Kier alpha value is -2.62. The number of Topliss-reactive ketones (excluding diaryl/α,β-unsaturated/α-hetero) is 1. The van der Waals surface area contributed by atoms with E-state index in [2.05, 4.69) is 5.32 Å². The normalized spacial score (nSPS) is 10.3. The van der Waals surface area contributed by atoms with Crippen molar-refractivity contribution in [3.8, 4) is 5.75 Å². The van der Waals surface area contributed by atoms with E-state index in [4.69, 9.17) is 4.74 Å². The van der Waals surface area contributed by atoms with Gasteiger partial charge in [-0.3, -0.25) is 9.59 Å². The lowest BCUT2D eigenvalue weighted by atomic mass is 10.1. The third-order valence-corrected chi connectivity index (χ3v) is 3.94. The lowest BCUT2D eigenvalue weighted by Crippen LogP contribution is -2.13. The Kier molecular flexibility index (Phi) is 6.13. The molecular weight excluding hydrogens is 302 g/mol. The first-order valence-electron chi connectivity index (χ1n) is 8.07. The number of anilines is 1. The number of rotatable bonds is 7. The van der Waals surface area contributed by atoms with Crippen molar-refractivity contribution in [1.82, 2.24) is 0 Å². The molecule has 2 aromatic carbocycles. The summed E-state index contributed by atoms with van der Waals surface area (Å²) >= 11 is 0. The molecule has 0 radical (unpaired) electrons. The smallest absolute Gasteiger partial charge is 0.224 e. The molecule has 0 saturated heterocycles. The van der Waals surface area contributed by atoms with E-state index in [0.29, 0.717) is 30.7 Å². The van der Waals surface area contributed by atoms with Crippen LogP contribution >= 0.6 is 0 Å². The lowest BCUT2D eigenvalue weighted by molar-refractivity contribution is -0.116. The molecule has 0 aliphatic heterocycles. The molecule has 1 amide bonds. The average molecular weight is 325 g/mol. The van der Waals surface area contributed by atoms with E-state index in [1.54, 1.807) is 24.3 Å². The molecule has 0 aliphatic rings. The largest absolute Gasteiger partial charge is 0.493 e. The van der Waals surface area contributed by atoms with Gasteiger partial charge in [-0.2, -0.15) is 0 Å². The van der Waals surface area contributed by atoms with Gasteiger partial charge in [0.2, 0.25) is 5.91 Å². The van der Waals surface area contributed by atoms with E-state index in [-0.39, 0.29) is 11.7 Å². The number of ether oxygens (including phenoxy) is 1. The van der Waals surface area contributed by atoms with Crippen molar-refractivity contribution in [3.05, 3.63) is 59.2 Å². The summed E-state index contributed by atoms with van der Waals surface area (Å²) in [6.07, 6.45) is 1.03. The molecule has 2 rings (SSSR count). The van der Waals surface area contributed by atoms with Crippen LogP contribution in [0, 0.1) is 13.8 Å². The van der Waals surface area contributed by atoms with E-state index in [0.717, 1.165) is 11.3 Å². The molecule has 0 bridgehead atoms. The summed E-state index contributed by atoms with van der Waals surface area (Å²) in [4.78, 5) is 23.1. The maximum Gasteiger partial charge on any atom is 0.224 e. The van der Waals surface area contributed by atoms with Gasteiger partial charge in [-0.05, 0) is 68.7 Å². The zero-order valence-electron chi connectivity index (χ0n) is 14.4. The van der Waals surface area contributed by atoms with Crippen LogP contribution in [0.25, 0.3) is 0 Å². The predicted molar refractivity (Wildman–Crippen MR) is 95.7 cm³/mol.